The van der Waals surface area contributed by atoms with E-state index in [0.717, 1.165) is 11.5 Å². The fourth-order valence-electron chi connectivity index (χ4n) is 1.95. The van der Waals surface area contributed by atoms with Crippen molar-refractivity contribution >= 4 is 5.96 Å². The van der Waals surface area contributed by atoms with Gasteiger partial charge in [-0.15, -0.1) is 0 Å². The predicted molar refractivity (Wildman–Crippen MR) is 84.6 cm³/mol. The lowest BCUT2D eigenvalue weighted by atomic mass is 10.1. The van der Waals surface area contributed by atoms with Gasteiger partial charge in [-0.1, -0.05) is 0 Å². The molecule has 21 heavy (non-hydrogen) atoms. The van der Waals surface area contributed by atoms with E-state index in [4.69, 9.17) is 14.2 Å². The number of methoxy groups -OCH3 is 3. The number of nitrogens with one attached hydrogen (secondary N) is 2. The van der Waals surface area contributed by atoms with Crippen LogP contribution < -0.4 is 24.8 Å². The van der Waals surface area contributed by atoms with Crippen molar-refractivity contribution < 1.29 is 14.2 Å². The Labute approximate surface area is 126 Å². The third-order valence-corrected chi connectivity index (χ3v) is 2.88. The molecule has 0 spiro atoms. The first-order valence-electron chi connectivity index (χ1n) is 6.82. The van der Waals surface area contributed by atoms with E-state index in [1.165, 1.54) is 0 Å². The van der Waals surface area contributed by atoms with Crippen LogP contribution in [-0.2, 0) is 6.54 Å². The lowest BCUT2D eigenvalue weighted by Crippen LogP contribution is -2.40. The quantitative estimate of drug-likeness (QED) is 0.619. The monoisotopic (exact) mass is 295 g/mol. The molecule has 118 valence electrons. The molecule has 0 aliphatic carbocycles. The number of guanidine groups is 1. The van der Waals surface area contributed by atoms with Crippen LogP contribution >= 0.6 is 0 Å². The largest absolute Gasteiger partial charge is 0.493 e. The Bertz CT molecular complexity index is 487. The lowest BCUT2D eigenvalue weighted by Gasteiger charge is -2.18. The molecule has 0 fully saturated rings. The fourth-order valence-corrected chi connectivity index (χ4v) is 1.95. The van der Waals surface area contributed by atoms with Gasteiger partial charge in [0.05, 0.1) is 21.3 Å². The third-order valence-electron chi connectivity index (χ3n) is 2.88. The van der Waals surface area contributed by atoms with Gasteiger partial charge in [0, 0.05) is 25.2 Å². The van der Waals surface area contributed by atoms with Crippen molar-refractivity contribution in [3.8, 4) is 17.2 Å². The molecule has 0 unspecified atom stereocenters. The molecule has 1 aromatic rings. The summed E-state index contributed by atoms with van der Waals surface area (Å²) in [4.78, 5) is 4.17. The highest BCUT2D eigenvalue weighted by Gasteiger charge is 2.15. The first-order chi connectivity index (χ1) is 10.1. The fraction of sp³-hybridized carbons (Fsp3) is 0.533. The Morgan fingerprint density at radius 1 is 1.10 bits per heavy atom. The van der Waals surface area contributed by atoms with E-state index < -0.39 is 0 Å². The van der Waals surface area contributed by atoms with Crippen molar-refractivity contribution in [3.63, 3.8) is 0 Å². The van der Waals surface area contributed by atoms with Crippen LogP contribution in [0.1, 0.15) is 19.4 Å². The van der Waals surface area contributed by atoms with Gasteiger partial charge in [0.1, 0.15) is 0 Å². The third kappa shape index (κ3) is 4.44. The van der Waals surface area contributed by atoms with Crippen molar-refractivity contribution in [3.05, 3.63) is 17.7 Å². The average Bonchev–Trinajstić information content (AvgIpc) is 2.49. The van der Waals surface area contributed by atoms with E-state index in [2.05, 4.69) is 29.5 Å². The Morgan fingerprint density at radius 3 is 2.24 bits per heavy atom. The minimum atomic E-state index is 0.309. The number of nitrogens with zero attached hydrogens (tertiary/aromatic N) is 1. The first-order valence-corrected chi connectivity index (χ1v) is 6.82. The number of benzene rings is 1. The first kappa shape index (κ1) is 16.9. The van der Waals surface area contributed by atoms with E-state index >= 15 is 0 Å². The molecule has 0 bridgehead atoms. The van der Waals surface area contributed by atoms with Gasteiger partial charge in [-0.25, -0.2) is 0 Å². The van der Waals surface area contributed by atoms with Crippen molar-refractivity contribution in [2.45, 2.75) is 26.4 Å². The molecular formula is C15H25N3O3. The number of ether oxygens (including phenoxy) is 3. The summed E-state index contributed by atoms with van der Waals surface area (Å²) in [6.45, 7) is 4.68. The van der Waals surface area contributed by atoms with Crippen molar-refractivity contribution in [2.75, 3.05) is 28.4 Å². The second-order valence-corrected chi connectivity index (χ2v) is 4.72. The molecule has 6 nitrogen and oxygen atoms in total. The SMILES string of the molecule is CN=C(NCc1ccc(OC)c(OC)c1OC)NC(C)C. The maximum absolute atomic E-state index is 5.45. The van der Waals surface area contributed by atoms with Crippen molar-refractivity contribution in [1.82, 2.24) is 10.6 Å². The van der Waals surface area contributed by atoms with Crippen LogP contribution in [0.3, 0.4) is 0 Å². The highest BCUT2D eigenvalue weighted by Crippen LogP contribution is 2.39. The zero-order valence-electron chi connectivity index (χ0n) is 13.6. The second kappa shape index (κ2) is 8.24. The molecule has 1 rings (SSSR count). The highest BCUT2D eigenvalue weighted by molar-refractivity contribution is 5.80. The maximum Gasteiger partial charge on any atom is 0.203 e. The summed E-state index contributed by atoms with van der Waals surface area (Å²) in [5, 5.41) is 6.47. The Morgan fingerprint density at radius 2 is 1.76 bits per heavy atom. The van der Waals surface area contributed by atoms with Crippen LogP contribution in [0.5, 0.6) is 17.2 Å². The summed E-state index contributed by atoms with van der Waals surface area (Å²) in [5.41, 5.74) is 0.960. The normalized spacial score (nSPS) is 11.3. The van der Waals surface area contributed by atoms with Crippen LogP contribution in [0.4, 0.5) is 0 Å². The lowest BCUT2D eigenvalue weighted by molar-refractivity contribution is 0.322. The van der Waals surface area contributed by atoms with Crippen LogP contribution in [0.25, 0.3) is 0 Å². The minimum Gasteiger partial charge on any atom is -0.493 e. The Kier molecular flexibility index (Phi) is 6.65. The minimum absolute atomic E-state index is 0.309. The molecule has 0 aliphatic heterocycles. The molecule has 0 radical (unpaired) electrons. The second-order valence-electron chi connectivity index (χ2n) is 4.72. The summed E-state index contributed by atoms with van der Waals surface area (Å²) in [7, 11) is 6.55. The van der Waals surface area contributed by atoms with Crippen LogP contribution in [0.15, 0.2) is 17.1 Å². The van der Waals surface area contributed by atoms with Gasteiger partial charge in [-0.3, -0.25) is 4.99 Å². The van der Waals surface area contributed by atoms with Gasteiger partial charge < -0.3 is 24.8 Å². The summed E-state index contributed by atoms with van der Waals surface area (Å²) < 4.78 is 16.1. The van der Waals surface area contributed by atoms with E-state index in [0.29, 0.717) is 29.8 Å². The average molecular weight is 295 g/mol. The molecule has 0 heterocycles. The molecule has 0 saturated carbocycles. The summed E-state index contributed by atoms with van der Waals surface area (Å²) in [5.74, 6) is 2.63. The van der Waals surface area contributed by atoms with Crippen molar-refractivity contribution in [1.29, 1.82) is 0 Å². The number of hydrogen-bond acceptors (Lipinski definition) is 4. The molecular weight excluding hydrogens is 270 g/mol. The van der Waals surface area contributed by atoms with Gasteiger partial charge in [-0.05, 0) is 26.0 Å². The summed E-state index contributed by atoms with van der Waals surface area (Å²) in [6, 6.07) is 4.11. The van der Waals surface area contributed by atoms with E-state index in [1.807, 2.05) is 12.1 Å². The maximum atomic E-state index is 5.45. The van der Waals surface area contributed by atoms with Gasteiger partial charge in [0.25, 0.3) is 0 Å². The van der Waals surface area contributed by atoms with E-state index in [9.17, 15) is 0 Å². The topological polar surface area (TPSA) is 64.1 Å². The Balaban J connectivity index is 2.93. The molecule has 2 N–H and O–H groups in total. The molecule has 0 saturated heterocycles. The van der Waals surface area contributed by atoms with Crippen LogP contribution in [-0.4, -0.2) is 40.4 Å². The van der Waals surface area contributed by atoms with Crippen molar-refractivity contribution in [2.24, 2.45) is 4.99 Å². The molecule has 0 amide bonds. The summed E-state index contributed by atoms with van der Waals surface area (Å²) in [6.07, 6.45) is 0. The highest BCUT2D eigenvalue weighted by atomic mass is 16.5. The standard InChI is InChI=1S/C15H25N3O3/c1-10(2)18-15(16-3)17-9-11-7-8-12(19-4)14(21-6)13(11)20-5/h7-8,10H,9H2,1-6H3,(H2,16,17,18). The zero-order valence-corrected chi connectivity index (χ0v) is 13.6. The smallest absolute Gasteiger partial charge is 0.203 e. The number of rotatable bonds is 6. The molecule has 0 aliphatic rings. The van der Waals surface area contributed by atoms with E-state index in [1.54, 1.807) is 28.4 Å². The zero-order chi connectivity index (χ0) is 15.8. The molecule has 0 atom stereocenters. The van der Waals surface area contributed by atoms with Gasteiger partial charge in [0.2, 0.25) is 5.75 Å². The molecule has 6 heteroatoms. The Hall–Kier alpha value is -2.11. The molecule has 1 aromatic carbocycles. The number of aliphatic imine (C=N–C) groups is 1. The van der Waals surface area contributed by atoms with Gasteiger partial charge >= 0.3 is 0 Å². The summed E-state index contributed by atoms with van der Waals surface area (Å²) >= 11 is 0. The predicted octanol–water partition coefficient (Wildman–Crippen LogP) is 1.79. The number of hydrogen-bond donors (Lipinski definition) is 2. The van der Waals surface area contributed by atoms with Crippen LogP contribution in [0, 0.1) is 0 Å². The van der Waals surface area contributed by atoms with E-state index in [-0.39, 0.29) is 0 Å². The van der Waals surface area contributed by atoms with Gasteiger partial charge in [-0.2, -0.15) is 0 Å². The molecule has 0 aromatic heterocycles. The van der Waals surface area contributed by atoms with Gasteiger partial charge in [0.15, 0.2) is 17.5 Å². The van der Waals surface area contributed by atoms with Crippen LogP contribution in [0.2, 0.25) is 0 Å².